The number of nitrogens with zero attached hydrogens (tertiary/aromatic N) is 1. The Morgan fingerprint density at radius 2 is 2.15 bits per heavy atom. The molecule has 0 aliphatic carbocycles. The number of carbonyl (C=O) groups is 2. The molecule has 0 bridgehead atoms. The summed E-state index contributed by atoms with van der Waals surface area (Å²) in [6, 6.07) is 4.28. The first kappa shape index (κ1) is 20.6. The maximum Gasteiger partial charge on any atom is 0.219 e. The topological polar surface area (TPSA) is 71.1 Å². The summed E-state index contributed by atoms with van der Waals surface area (Å²) < 4.78 is 0. The van der Waals surface area contributed by atoms with E-state index in [1.165, 1.54) is 11.3 Å². The Balaban J connectivity index is 1.62. The van der Waals surface area contributed by atoms with Crippen LogP contribution in [0, 0.1) is 11.3 Å². The molecule has 1 aliphatic heterocycles. The second-order valence-electron chi connectivity index (χ2n) is 8.29. The van der Waals surface area contributed by atoms with Gasteiger partial charge >= 0.3 is 0 Å². The van der Waals surface area contributed by atoms with E-state index in [2.05, 4.69) is 43.5 Å². The van der Waals surface area contributed by atoms with E-state index in [0.29, 0.717) is 19.4 Å². The Morgan fingerprint density at radius 3 is 2.88 bits per heavy atom. The molecule has 1 unspecified atom stereocenters. The van der Waals surface area contributed by atoms with Gasteiger partial charge in [0.05, 0.1) is 0 Å². The summed E-state index contributed by atoms with van der Waals surface area (Å²) in [4.78, 5) is 27.8. The third-order valence-electron chi connectivity index (χ3n) is 5.12. The van der Waals surface area contributed by atoms with Gasteiger partial charge in [0.2, 0.25) is 5.91 Å². The average molecular weight is 360 g/mol. The number of rotatable bonds is 9. The van der Waals surface area contributed by atoms with Gasteiger partial charge in [0.1, 0.15) is 6.29 Å². The van der Waals surface area contributed by atoms with E-state index >= 15 is 0 Å². The highest BCUT2D eigenvalue weighted by molar-refractivity contribution is 5.75. The fourth-order valence-corrected chi connectivity index (χ4v) is 3.27. The van der Waals surface area contributed by atoms with Gasteiger partial charge in [-0.3, -0.25) is 9.78 Å². The zero-order chi connectivity index (χ0) is 19.0. The zero-order valence-corrected chi connectivity index (χ0v) is 16.4. The third-order valence-corrected chi connectivity index (χ3v) is 5.12. The van der Waals surface area contributed by atoms with Crippen molar-refractivity contribution >= 4 is 12.2 Å². The molecule has 1 amide bonds. The molecule has 5 heteroatoms. The van der Waals surface area contributed by atoms with Crippen LogP contribution in [-0.2, 0) is 29.0 Å². The highest BCUT2D eigenvalue weighted by Gasteiger charge is 2.23. The number of unbranched alkanes of at least 4 members (excludes halogenated alkanes) is 1. The predicted molar refractivity (Wildman–Crippen MR) is 104 cm³/mol. The maximum absolute atomic E-state index is 11.9. The summed E-state index contributed by atoms with van der Waals surface area (Å²) in [5.41, 5.74) is 3.61. The van der Waals surface area contributed by atoms with Crippen molar-refractivity contribution < 1.29 is 9.59 Å². The number of aromatic nitrogens is 1. The highest BCUT2D eigenvalue weighted by atomic mass is 16.1. The number of aldehydes is 1. The van der Waals surface area contributed by atoms with Crippen LogP contribution in [-0.4, -0.2) is 30.3 Å². The number of carbonyl (C=O) groups excluding carboxylic acids is 2. The summed E-state index contributed by atoms with van der Waals surface area (Å²) >= 11 is 0. The monoisotopic (exact) mass is 359 g/mol. The standard InChI is InChI=1S/C21H33N3O2/c1-21(2,3)17(15-25)10-13-23-20(26)7-5-4-6-18-9-8-16-14-22-12-11-19(16)24-18/h8-9,15,17,22H,4-7,10-14H2,1-3H3,(H,23,26). The number of fused-ring (bicyclic) bond motifs is 1. The lowest BCUT2D eigenvalue weighted by molar-refractivity contribution is -0.121. The van der Waals surface area contributed by atoms with E-state index in [9.17, 15) is 9.59 Å². The van der Waals surface area contributed by atoms with Crippen LogP contribution in [0.25, 0.3) is 0 Å². The normalized spacial score (nSPS) is 15.2. The van der Waals surface area contributed by atoms with Crippen molar-refractivity contribution in [3.8, 4) is 0 Å². The zero-order valence-electron chi connectivity index (χ0n) is 16.4. The molecule has 2 heterocycles. The Kier molecular flexibility index (Phi) is 7.76. The van der Waals surface area contributed by atoms with Crippen molar-refractivity contribution in [3.05, 3.63) is 29.1 Å². The predicted octanol–water partition coefficient (Wildman–Crippen LogP) is 2.81. The second kappa shape index (κ2) is 9.81. The molecule has 0 fully saturated rings. The molecule has 2 N–H and O–H groups in total. The number of hydrogen-bond acceptors (Lipinski definition) is 4. The minimum Gasteiger partial charge on any atom is -0.356 e. The van der Waals surface area contributed by atoms with E-state index in [0.717, 1.165) is 50.8 Å². The van der Waals surface area contributed by atoms with Crippen LogP contribution in [0.5, 0.6) is 0 Å². The van der Waals surface area contributed by atoms with Crippen LogP contribution in [0.2, 0.25) is 0 Å². The first-order valence-corrected chi connectivity index (χ1v) is 9.80. The number of amides is 1. The summed E-state index contributed by atoms with van der Waals surface area (Å²) in [6.45, 7) is 8.66. The molecule has 1 atom stereocenters. The first-order chi connectivity index (χ1) is 12.4. The fraction of sp³-hybridized carbons (Fsp3) is 0.667. The Morgan fingerprint density at radius 1 is 1.35 bits per heavy atom. The summed E-state index contributed by atoms with van der Waals surface area (Å²) in [5, 5.41) is 6.30. The van der Waals surface area contributed by atoms with Gasteiger partial charge in [0, 0.05) is 49.8 Å². The maximum atomic E-state index is 11.9. The molecule has 1 aromatic heterocycles. The molecule has 0 aromatic carbocycles. The molecular weight excluding hydrogens is 326 g/mol. The van der Waals surface area contributed by atoms with E-state index in [-0.39, 0.29) is 17.2 Å². The van der Waals surface area contributed by atoms with Gasteiger partial charge in [-0.25, -0.2) is 0 Å². The molecule has 144 valence electrons. The highest BCUT2D eigenvalue weighted by Crippen LogP contribution is 2.26. The van der Waals surface area contributed by atoms with Gasteiger partial charge in [-0.2, -0.15) is 0 Å². The SMILES string of the molecule is CC(C)(C)C(C=O)CCNC(=O)CCCCc1ccc2c(n1)CCNC2. The smallest absolute Gasteiger partial charge is 0.219 e. The van der Waals surface area contributed by atoms with Crippen LogP contribution in [0.3, 0.4) is 0 Å². The molecule has 0 saturated heterocycles. The Hall–Kier alpha value is -1.75. The Labute approximate surface area is 157 Å². The van der Waals surface area contributed by atoms with Crippen LogP contribution >= 0.6 is 0 Å². The van der Waals surface area contributed by atoms with Crippen molar-refractivity contribution in [2.24, 2.45) is 11.3 Å². The van der Waals surface area contributed by atoms with Crippen molar-refractivity contribution in [1.82, 2.24) is 15.6 Å². The number of pyridine rings is 1. The first-order valence-electron chi connectivity index (χ1n) is 9.80. The third kappa shape index (κ3) is 6.52. The quantitative estimate of drug-likeness (QED) is 0.525. The molecule has 1 aliphatic rings. The van der Waals surface area contributed by atoms with E-state index in [1.54, 1.807) is 0 Å². The van der Waals surface area contributed by atoms with Crippen molar-refractivity contribution in [2.45, 2.75) is 65.8 Å². The molecule has 2 rings (SSSR count). The van der Waals surface area contributed by atoms with E-state index < -0.39 is 0 Å². The van der Waals surface area contributed by atoms with Crippen molar-refractivity contribution in [1.29, 1.82) is 0 Å². The Bertz CT molecular complexity index is 608. The van der Waals surface area contributed by atoms with Gasteiger partial charge in [0.25, 0.3) is 0 Å². The largest absolute Gasteiger partial charge is 0.356 e. The minimum atomic E-state index is -0.0512. The van der Waals surface area contributed by atoms with Gasteiger partial charge in [-0.05, 0) is 42.7 Å². The fourth-order valence-electron chi connectivity index (χ4n) is 3.27. The molecule has 1 aromatic rings. The summed E-state index contributed by atoms with van der Waals surface area (Å²) in [6.07, 6.45) is 6.00. The van der Waals surface area contributed by atoms with Crippen LogP contribution in [0.1, 0.15) is 63.4 Å². The molecular formula is C21H33N3O2. The van der Waals surface area contributed by atoms with Gasteiger partial charge in [0.15, 0.2) is 0 Å². The molecule has 26 heavy (non-hydrogen) atoms. The molecule has 0 saturated carbocycles. The molecule has 0 spiro atoms. The lowest BCUT2D eigenvalue weighted by atomic mass is 9.80. The molecule has 0 radical (unpaired) electrons. The van der Waals surface area contributed by atoms with Gasteiger partial charge < -0.3 is 15.4 Å². The lowest BCUT2D eigenvalue weighted by Gasteiger charge is -2.25. The van der Waals surface area contributed by atoms with Crippen LogP contribution in [0.4, 0.5) is 0 Å². The van der Waals surface area contributed by atoms with Gasteiger partial charge in [-0.1, -0.05) is 26.8 Å². The van der Waals surface area contributed by atoms with Crippen LogP contribution in [0.15, 0.2) is 12.1 Å². The summed E-state index contributed by atoms with van der Waals surface area (Å²) in [5.74, 6) is 0.0566. The van der Waals surface area contributed by atoms with Crippen molar-refractivity contribution in [2.75, 3.05) is 13.1 Å². The van der Waals surface area contributed by atoms with E-state index in [1.807, 2.05) is 0 Å². The molecule has 5 nitrogen and oxygen atoms in total. The summed E-state index contributed by atoms with van der Waals surface area (Å²) in [7, 11) is 0. The minimum absolute atomic E-state index is 0.0203. The second-order valence-corrected chi connectivity index (χ2v) is 8.29. The van der Waals surface area contributed by atoms with Crippen LogP contribution < -0.4 is 10.6 Å². The number of hydrogen-bond donors (Lipinski definition) is 2. The number of aryl methyl sites for hydroxylation is 1. The van der Waals surface area contributed by atoms with E-state index in [4.69, 9.17) is 4.98 Å². The number of nitrogens with one attached hydrogen (secondary N) is 2. The van der Waals surface area contributed by atoms with Crippen molar-refractivity contribution in [3.63, 3.8) is 0 Å². The van der Waals surface area contributed by atoms with Gasteiger partial charge in [-0.15, -0.1) is 0 Å². The average Bonchev–Trinajstić information content (AvgIpc) is 2.61. The lowest BCUT2D eigenvalue weighted by Crippen LogP contribution is -2.30.